The molecule has 2 rings (SSSR count). The van der Waals surface area contributed by atoms with Crippen molar-refractivity contribution in [2.45, 2.75) is 58.3 Å². The number of hydrogen-bond acceptors (Lipinski definition) is 6. The smallest absolute Gasteiger partial charge is 0.243 e. The summed E-state index contributed by atoms with van der Waals surface area (Å²) in [7, 11) is 3.36. The number of benzene rings is 1. The summed E-state index contributed by atoms with van der Waals surface area (Å²) in [4.78, 5) is 27.7. The molecule has 0 saturated carbocycles. The van der Waals surface area contributed by atoms with E-state index in [0.29, 0.717) is 24.5 Å². The maximum Gasteiger partial charge on any atom is 0.243 e. The molecule has 1 fully saturated rings. The van der Waals surface area contributed by atoms with Crippen molar-refractivity contribution >= 4 is 11.8 Å². The van der Waals surface area contributed by atoms with E-state index in [9.17, 15) is 14.7 Å². The molecule has 1 heterocycles. The fraction of sp³-hybridized carbons (Fsp3) is 0.600. The van der Waals surface area contributed by atoms with E-state index in [1.807, 2.05) is 26.8 Å². The van der Waals surface area contributed by atoms with Gasteiger partial charge in [-0.15, -0.1) is 6.42 Å². The van der Waals surface area contributed by atoms with Crippen LogP contribution in [-0.2, 0) is 20.9 Å². The first kappa shape index (κ1) is 26.7. The fourth-order valence-corrected chi connectivity index (χ4v) is 4.01. The number of hydrogen-bond donors (Lipinski definition) is 3. The first-order chi connectivity index (χ1) is 15.6. The van der Waals surface area contributed by atoms with Gasteiger partial charge in [-0.25, -0.2) is 0 Å². The predicted molar refractivity (Wildman–Crippen MR) is 127 cm³/mol. The van der Waals surface area contributed by atoms with E-state index in [2.05, 4.69) is 16.6 Å². The van der Waals surface area contributed by atoms with Crippen molar-refractivity contribution in [3.63, 3.8) is 0 Å². The van der Waals surface area contributed by atoms with Crippen LogP contribution in [0, 0.1) is 17.8 Å². The molecule has 3 N–H and O–H groups in total. The second-order valence-electron chi connectivity index (χ2n) is 9.36. The molecule has 33 heavy (non-hydrogen) atoms. The van der Waals surface area contributed by atoms with Crippen molar-refractivity contribution in [1.29, 1.82) is 0 Å². The molecule has 1 aromatic rings. The Hall–Kier alpha value is -2.60. The first-order valence-corrected chi connectivity index (χ1v) is 11.3. The van der Waals surface area contributed by atoms with Crippen LogP contribution in [0.25, 0.3) is 0 Å². The average Bonchev–Trinajstić information content (AvgIpc) is 3.16. The minimum atomic E-state index is -0.739. The van der Waals surface area contributed by atoms with E-state index in [0.717, 1.165) is 12.0 Å². The fourth-order valence-electron chi connectivity index (χ4n) is 4.01. The summed E-state index contributed by atoms with van der Waals surface area (Å²) < 4.78 is 10.9. The minimum absolute atomic E-state index is 0.135. The zero-order chi connectivity index (χ0) is 24.6. The molecule has 0 unspecified atom stereocenters. The third-order valence-electron chi connectivity index (χ3n) is 5.70. The number of likely N-dealkylation sites (N-methyl/N-ethyl adjacent to an activating group) is 1. The van der Waals surface area contributed by atoms with Gasteiger partial charge in [0.1, 0.15) is 11.8 Å². The average molecular weight is 460 g/mol. The van der Waals surface area contributed by atoms with Crippen LogP contribution < -0.4 is 15.4 Å². The Bertz CT molecular complexity index is 859. The predicted octanol–water partition coefficient (Wildman–Crippen LogP) is 1.30. The Labute approximate surface area is 197 Å². The number of aliphatic hydroxyl groups is 1. The lowest BCUT2D eigenvalue weighted by atomic mass is 9.86. The Morgan fingerprint density at radius 2 is 2.06 bits per heavy atom. The quantitative estimate of drug-likeness (QED) is 0.360. The molecule has 8 heteroatoms. The second-order valence-corrected chi connectivity index (χ2v) is 9.36. The number of aliphatic hydroxyl groups excluding tert-OH is 1. The molecule has 1 aliphatic heterocycles. The number of ether oxygens (including phenoxy) is 2. The number of carbonyl (C=O) groups excluding carboxylic acids is 2. The zero-order valence-corrected chi connectivity index (χ0v) is 20.3. The summed E-state index contributed by atoms with van der Waals surface area (Å²) in [6.07, 6.45) is 5.70. The van der Waals surface area contributed by atoms with Crippen molar-refractivity contribution in [1.82, 2.24) is 15.5 Å². The molecule has 1 aliphatic rings. The van der Waals surface area contributed by atoms with Gasteiger partial charge in [0.25, 0.3) is 0 Å². The molecular formula is C25H37N3O5. The van der Waals surface area contributed by atoms with Gasteiger partial charge in [-0.05, 0) is 24.6 Å². The van der Waals surface area contributed by atoms with Gasteiger partial charge in [-0.2, -0.15) is 0 Å². The van der Waals surface area contributed by atoms with Gasteiger partial charge in [0.05, 0.1) is 18.8 Å². The molecule has 1 aromatic carbocycles. The molecular weight excluding hydrogens is 422 g/mol. The van der Waals surface area contributed by atoms with E-state index in [1.165, 1.54) is 4.90 Å². The third kappa shape index (κ3) is 7.19. The Balaban J connectivity index is 2.11. The van der Waals surface area contributed by atoms with Crippen molar-refractivity contribution in [2.75, 3.05) is 33.9 Å². The first-order valence-electron chi connectivity index (χ1n) is 11.3. The van der Waals surface area contributed by atoms with E-state index >= 15 is 0 Å². The van der Waals surface area contributed by atoms with Crippen LogP contribution in [0.3, 0.4) is 0 Å². The summed E-state index contributed by atoms with van der Waals surface area (Å²) in [6, 6.07) is 4.18. The van der Waals surface area contributed by atoms with Crippen molar-refractivity contribution < 1.29 is 24.2 Å². The van der Waals surface area contributed by atoms with Gasteiger partial charge in [-0.1, -0.05) is 32.8 Å². The molecule has 0 aliphatic carbocycles. The monoisotopic (exact) mass is 459 g/mol. The number of likely N-dealkylation sites (tertiary alicyclic amines) is 1. The van der Waals surface area contributed by atoms with E-state index in [-0.39, 0.29) is 36.7 Å². The van der Waals surface area contributed by atoms with Crippen LogP contribution in [0.15, 0.2) is 18.2 Å². The number of nitrogens with one attached hydrogen (secondary N) is 2. The van der Waals surface area contributed by atoms with Crippen LogP contribution in [0.2, 0.25) is 0 Å². The maximum absolute atomic E-state index is 13.2. The lowest BCUT2D eigenvalue weighted by Crippen LogP contribution is -2.55. The molecule has 3 atom stereocenters. The Kier molecular flexibility index (Phi) is 9.71. The highest BCUT2D eigenvalue weighted by Gasteiger charge is 2.43. The summed E-state index contributed by atoms with van der Waals surface area (Å²) in [5.41, 5.74) is 1.12. The lowest BCUT2D eigenvalue weighted by Gasteiger charge is -2.34. The van der Waals surface area contributed by atoms with Gasteiger partial charge in [0.2, 0.25) is 11.8 Å². The molecule has 0 bridgehead atoms. The zero-order valence-electron chi connectivity index (χ0n) is 20.3. The van der Waals surface area contributed by atoms with Crippen molar-refractivity contribution in [2.24, 2.45) is 5.41 Å². The van der Waals surface area contributed by atoms with Gasteiger partial charge in [-0.3, -0.25) is 9.59 Å². The number of rotatable bonds is 10. The summed E-state index contributed by atoms with van der Waals surface area (Å²) in [5.74, 6) is 2.69. The van der Waals surface area contributed by atoms with E-state index in [1.54, 1.807) is 26.3 Å². The largest absolute Gasteiger partial charge is 0.493 e. The summed E-state index contributed by atoms with van der Waals surface area (Å²) >= 11 is 0. The number of amides is 2. The molecule has 0 radical (unpaired) electrons. The van der Waals surface area contributed by atoms with Crippen molar-refractivity contribution in [3.8, 4) is 18.1 Å². The Morgan fingerprint density at radius 1 is 1.33 bits per heavy atom. The van der Waals surface area contributed by atoms with E-state index < -0.39 is 18.2 Å². The number of methoxy groups -OCH3 is 1. The van der Waals surface area contributed by atoms with Crippen LogP contribution in [0.4, 0.5) is 0 Å². The van der Waals surface area contributed by atoms with Crippen LogP contribution in [-0.4, -0.2) is 73.9 Å². The molecule has 0 spiro atoms. The van der Waals surface area contributed by atoms with E-state index in [4.69, 9.17) is 15.9 Å². The van der Waals surface area contributed by atoms with Crippen LogP contribution >= 0.6 is 0 Å². The number of β-amino-alcohol motifs (C(OH)–C–C–N with tert-alkyl or cyclic N) is 1. The SMILES string of the molecule is C#Cc1ccc(CNC(=O)[C@@H]2C[C@@H](O)CN2C(=O)[C@@H](NC)C(C)(C)C)c(OCCCOC)c1. The highest BCUT2D eigenvalue weighted by molar-refractivity contribution is 5.91. The highest BCUT2D eigenvalue weighted by Crippen LogP contribution is 2.26. The van der Waals surface area contributed by atoms with Gasteiger partial charge >= 0.3 is 0 Å². The molecule has 1 saturated heterocycles. The third-order valence-corrected chi connectivity index (χ3v) is 5.70. The van der Waals surface area contributed by atoms with Crippen LogP contribution in [0.5, 0.6) is 5.75 Å². The summed E-state index contributed by atoms with van der Waals surface area (Å²) in [5, 5.41) is 16.2. The number of carbonyl (C=O) groups is 2. The topological polar surface area (TPSA) is 100 Å². The number of terminal acetylenes is 1. The van der Waals surface area contributed by atoms with Gasteiger partial charge < -0.3 is 30.1 Å². The standard InChI is InChI=1S/C25H37N3O5/c1-7-17-9-10-18(21(13-17)33-12-8-11-32-6)15-27-23(30)20-14-19(29)16-28(20)24(31)22(26-5)25(2,3)4/h1,9-10,13,19-20,22,26,29H,8,11-12,14-16H2,2-6H3,(H,27,30)/t19-,20+,22-/m1/s1. The minimum Gasteiger partial charge on any atom is -0.493 e. The highest BCUT2D eigenvalue weighted by atomic mass is 16.5. The normalized spacial score (nSPS) is 19.1. The summed E-state index contributed by atoms with van der Waals surface area (Å²) in [6.45, 7) is 7.27. The van der Waals surface area contributed by atoms with Gasteiger partial charge in [0, 0.05) is 50.8 Å². The molecule has 0 aromatic heterocycles. The molecule has 182 valence electrons. The van der Waals surface area contributed by atoms with Crippen molar-refractivity contribution in [3.05, 3.63) is 29.3 Å². The molecule has 8 nitrogen and oxygen atoms in total. The van der Waals surface area contributed by atoms with Crippen LogP contribution in [0.1, 0.15) is 44.7 Å². The van der Waals surface area contributed by atoms with Gasteiger partial charge in [0.15, 0.2) is 0 Å². The second kappa shape index (κ2) is 12.0. The maximum atomic E-state index is 13.2. The Morgan fingerprint density at radius 3 is 2.67 bits per heavy atom. The lowest BCUT2D eigenvalue weighted by molar-refractivity contribution is -0.142. The number of nitrogens with zero attached hydrogens (tertiary/aromatic N) is 1. The molecule has 2 amide bonds.